The van der Waals surface area contributed by atoms with Crippen LogP contribution >= 0.6 is 0 Å². The van der Waals surface area contributed by atoms with Crippen LogP contribution in [0.15, 0.2) is 48.5 Å². The number of carboxylic acids is 1. The monoisotopic (exact) mass is 301 g/mol. The zero-order chi connectivity index (χ0) is 16.5. The van der Waals surface area contributed by atoms with Crippen molar-refractivity contribution >= 4 is 5.97 Å². The van der Waals surface area contributed by atoms with Crippen LogP contribution in [0.3, 0.4) is 0 Å². The molecular formula is C17H16FNO3. The maximum Gasteiger partial charge on any atom is 0.339 e. The number of rotatable bonds is 3. The summed E-state index contributed by atoms with van der Waals surface area (Å²) in [5.41, 5.74) is 0.300. The summed E-state index contributed by atoms with van der Waals surface area (Å²) in [7, 11) is 0. The summed E-state index contributed by atoms with van der Waals surface area (Å²) in [6, 6.07) is 14.2. The lowest BCUT2D eigenvalue weighted by molar-refractivity contribution is 0.0690. The molecule has 0 aliphatic carbocycles. The molecule has 2 rings (SSSR count). The van der Waals surface area contributed by atoms with E-state index >= 15 is 0 Å². The van der Waals surface area contributed by atoms with Crippen LogP contribution in [0.2, 0.25) is 0 Å². The molecule has 0 unspecified atom stereocenters. The number of carbonyl (C=O) groups is 1. The quantitative estimate of drug-likeness (QED) is 0.934. The van der Waals surface area contributed by atoms with Crippen molar-refractivity contribution in [1.29, 1.82) is 5.26 Å². The molecule has 0 amide bonds. The summed E-state index contributed by atoms with van der Waals surface area (Å²) in [6.07, 6.45) is -0.0134. The Kier molecular flexibility index (Phi) is 6.58. The highest BCUT2D eigenvalue weighted by atomic mass is 19.1. The van der Waals surface area contributed by atoms with Gasteiger partial charge in [0.25, 0.3) is 0 Å². The fourth-order valence-electron chi connectivity index (χ4n) is 1.55. The average molecular weight is 301 g/mol. The lowest BCUT2D eigenvalue weighted by Crippen LogP contribution is -2.09. The Hall–Kier alpha value is -2.87. The fraction of sp³-hybridized carbons (Fsp3) is 0.176. The number of nitriles is 1. The Morgan fingerprint density at radius 3 is 2.27 bits per heavy atom. The predicted octanol–water partition coefficient (Wildman–Crippen LogP) is 3.87. The SMILES string of the molecule is CC(C)Oc1ccccc1C(=O)O.N#Cc1ccccc1F. The number of para-hydroxylation sites is 1. The minimum absolute atomic E-state index is 0.0134. The summed E-state index contributed by atoms with van der Waals surface area (Å²) in [5, 5.41) is 17.0. The highest BCUT2D eigenvalue weighted by Gasteiger charge is 2.10. The maximum absolute atomic E-state index is 12.4. The molecule has 0 heterocycles. The molecule has 0 atom stereocenters. The molecule has 0 fully saturated rings. The topological polar surface area (TPSA) is 70.3 Å². The van der Waals surface area contributed by atoms with Crippen LogP contribution in [0.1, 0.15) is 29.8 Å². The van der Waals surface area contributed by atoms with E-state index in [2.05, 4.69) is 0 Å². The van der Waals surface area contributed by atoms with Crippen molar-refractivity contribution in [3.63, 3.8) is 0 Å². The number of ether oxygens (including phenoxy) is 1. The zero-order valence-electron chi connectivity index (χ0n) is 12.3. The molecule has 22 heavy (non-hydrogen) atoms. The van der Waals surface area contributed by atoms with Gasteiger partial charge in [-0.15, -0.1) is 0 Å². The minimum Gasteiger partial charge on any atom is -0.490 e. The molecule has 114 valence electrons. The smallest absolute Gasteiger partial charge is 0.339 e. The third kappa shape index (κ3) is 5.25. The molecule has 0 aromatic heterocycles. The highest BCUT2D eigenvalue weighted by Crippen LogP contribution is 2.18. The van der Waals surface area contributed by atoms with Crippen molar-refractivity contribution in [2.45, 2.75) is 20.0 Å². The van der Waals surface area contributed by atoms with Crippen LogP contribution in [0, 0.1) is 17.1 Å². The third-order valence-electron chi connectivity index (χ3n) is 2.47. The first-order valence-electron chi connectivity index (χ1n) is 6.59. The van der Waals surface area contributed by atoms with E-state index in [1.54, 1.807) is 36.4 Å². The van der Waals surface area contributed by atoms with E-state index in [9.17, 15) is 9.18 Å². The van der Waals surface area contributed by atoms with Crippen molar-refractivity contribution in [2.24, 2.45) is 0 Å². The van der Waals surface area contributed by atoms with Gasteiger partial charge in [-0.3, -0.25) is 0 Å². The fourth-order valence-corrected chi connectivity index (χ4v) is 1.55. The molecule has 0 radical (unpaired) electrons. The Balaban J connectivity index is 0.000000235. The molecule has 0 saturated heterocycles. The second kappa shape index (κ2) is 8.42. The van der Waals surface area contributed by atoms with Gasteiger partial charge in [0.15, 0.2) is 0 Å². The van der Waals surface area contributed by atoms with Gasteiger partial charge in [0.2, 0.25) is 0 Å². The van der Waals surface area contributed by atoms with Crippen molar-refractivity contribution in [3.8, 4) is 11.8 Å². The standard InChI is InChI=1S/C10H12O3.C7H4FN/c1-7(2)13-9-6-4-3-5-8(9)10(11)12;8-7-4-2-1-3-6(7)5-9/h3-7H,1-2H3,(H,11,12);1-4H. The van der Waals surface area contributed by atoms with Crippen LogP contribution in [0.4, 0.5) is 4.39 Å². The summed E-state index contributed by atoms with van der Waals surface area (Å²) in [4.78, 5) is 10.7. The van der Waals surface area contributed by atoms with Gasteiger partial charge in [0.1, 0.15) is 23.2 Å². The summed E-state index contributed by atoms with van der Waals surface area (Å²) < 4.78 is 17.7. The number of carboxylic acid groups (broad SMARTS) is 1. The average Bonchev–Trinajstić information content (AvgIpc) is 2.48. The Morgan fingerprint density at radius 2 is 1.77 bits per heavy atom. The molecule has 0 spiro atoms. The Bertz CT molecular complexity index is 678. The van der Waals surface area contributed by atoms with Crippen molar-refractivity contribution in [2.75, 3.05) is 0 Å². The minimum atomic E-state index is -0.962. The number of hydrogen-bond donors (Lipinski definition) is 1. The summed E-state index contributed by atoms with van der Waals surface area (Å²) >= 11 is 0. The second-order valence-corrected chi connectivity index (χ2v) is 4.56. The van der Waals surface area contributed by atoms with Crippen molar-refractivity contribution in [1.82, 2.24) is 0 Å². The lowest BCUT2D eigenvalue weighted by atomic mass is 10.2. The normalized spacial score (nSPS) is 9.41. The van der Waals surface area contributed by atoms with Gasteiger partial charge >= 0.3 is 5.97 Å². The number of halogens is 1. The molecular weight excluding hydrogens is 285 g/mol. The van der Waals surface area contributed by atoms with Crippen LogP contribution in [-0.4, -0.2) is 17.2 Å². The summed E-state index contributed by atoms with van der Waals surface area (Å²) in [5.74, 6) is -0.999. The molecule has 1 N–H and O–H groups in total. The molecule has 0 bridgehead atoms. The molecule has 5 heteroatoms. The van der Waals surface area contributed by atoms with Gasteiger partial charge in [-0.25, -0.2) is 9.18 Å². The van der Waals surface area contributed by atoms with E-state index in [1.807, 2.05) is 13.8 Å². The van der Waals surface area contributed by atoms with Gasteiger partial charge in [-0.2, -0.15) is 5.26 Å². The van der Waals surface area contributed by atoms with E-state index in [0.29, 0.717) is 5.75 Å². The van der Waals surface area contributed by atoms with Crippen LogP contribution in [0.25, 0.3) is 0 Å². The van der Waals surface area contributed by atoms with E-state index in [1.165, 1.54) is 18.2 Å². The van der Waals surface area contributed by atoms with E-state index in [0.717, 1.165) is 0 Å². The number of benzene rings is 2. The first kappa shape index (κ1) is 17.2. The number of aromatic carboxylic acids is 1. The van der Waals surface area contributed by atoms with Gasteiger partial charge in [-0.05, 0) is 38.1 Å². The number of hydrogen-bond acceptors (Lipinski definition) is 3. The zero-order valence-corrected chi connectivity index (χ0v) is 12.3. The lowest BCUT2D eigenvalue weighted by Gasteiger charge is -2.11. The first-order valence-corrected chi connectivity index (χ1v) is 6.59. The van der Waals surface area contributed by atoms with Crippen molar-refractivity contribution < 1.29 is 19.0 Å². The highest BCUT2D eigenvalue weighted by molar-refractivity contribution is 5.90. The van der Waals surface area contributed by atoms with Gasteiger partial charge < -0.3 is 9.84 Å². The van der Waals surface area contributed by atoms with E-state index in [4.69, 9.17) is 15.1 Å². The third-order valence-corrected chi connectivity index (χ3v) is 2.47. The van der Waals surface area contributed by atoms with Gasteiger partial charge in [0, 0.05) is 0 Å². The van der Waals surface area contributed by atoms with E-state index < -0.39 is 11.8 Å². The van der Waals surface area contributed by atoms with Crippen LogP contribution in [0.5, 0.6) is 5.75 Å². The molecule has 0 saturated carbocycles. The molecule has 4 nitrogen and oxygen atoms in total. The molecule has 2 aromatic carbocycles. The molecule has 0 aliphatic rings. The van der Waals surface area contributed by atoms with Gasteiger partial charge in [-0.1, -0.05) is 24.3 Å². The largest absolute Gasteiger partial charge is 0.490 e. The Morgan fingerprint density at radius 1 is 1.18 bits per heavy atom. The van der Waals surface area contributed by atoms with E-state index in [-0.39, 0.29) is 17.2 Å². The van der Waals surface area contributed by atoms with Gasteiger partial charge in [0.05, 0.1) is 11.7 Å². The second-order valence-electron chi connectivity index (χ2n) is 4.56. The van der Waals surface area contributed by atoms with Crippen molar-refractivity contribution in [3.05, 3.63) is 65.5 Å². The molecule has 0 aliphatic heterocycles. The predicted molar refractivity (Wildman–Crippen MR) is 80.3 cm³/mol. The number of nitrogens with zero attached hydrogens (tertiary/aromatic N) is 1. The maximum atomic E-state index is 12.4. The first-order chi connectivity index (χ1) is 10.5. The Labute approximate surface area is 128 Å². The van der Waals surface area contributed by atoms with Crippen LogP contribution in [-0.2, 0) is 0 Å². The summed E-state index contributed by atoms with van der Waals surface area (Å²) in [6.45, 7) is 3.72. The molecule has 2 aromatic rings. The van der Waals surface area contributed by atoms with Crippen LogP contribution < -0.4 is 4.74 Å².